The van der Waals surface area contributed by atoms with Gasteiger partial charge in [0.2, 0.25) is 0 Å². The van der Waals surface area contributed by atoms with Gasteiger partial charge in [-0.3, -0.25) is 0 Å². The lowest BCUT2D eigenvalue weighted by atomic mass is 9.94. The van der Waals surface area contributed by atoms with Crippen LogP contribution in [0.5, 0.6) is 23.0 Å². The van der Waals surface area contributed by atoms with Crippen LogP contribution >= 0.6 is 0 Å². The number of hydrogen-bond acceptors (Lipinski definition) is 2. The molecule has 0 saturated carbocycles. The Bertz CT molecular complexity index is 3100. The minimum absolute atomic E-state index is 0.785. The van der Waals surface area contributed by atoms with Gasteiger partial charge in [0.15, 0.2) is 0 Å². The molecule has 57 heavy (non-hydrogen) atoms. The number of ether oxygens (including phenoxy) is 2. The Balaban J connectivity index is 1.09. The Morgan fingerprint density at radius 3 is 1.53 bits per heavy atom. The van der Waals surface area contributed by atoms with Crippen molar-refractivity contribution in [3.63, 3.8) is 0 Å². The number of hydrogen-bond donors (Lipinski definition) is 1. The zero-order valence-electron chi connectivity index (χ0n) is 31.8. The van der Waals surface area contributed by atoms with Crippen LogP contribution in [-0.2, 0) is 0 Å². The fraction of sp³-hybridized carbons (Fsp3) is 0.0370. The lowest BCUT2D eigenvalue weighted by molar-refractivity contribution is 0.484. The maximum Gasteiger partial charge on any atom is 0.135 e. The molecule has 3 heteroatoms. The summed E-state index contributed by atoms with van der Waals surface area (Å²) in [5, 5.41) is 4.65. The number of para-hydroxylation sites is 2. The van der Waals surface area contributed by atoms with Crippen molar-refractivity contribution in [2.75, 3.05) is 0 Å². The average Bonchev–Trinajstić information content (AvgIpc) is 3.63. The van der Waals surface area contributed by atoms with Crippen molar-refractivity contribution in [3.05, 3.63) is 205 Å². The third-order valence-electron chi connectivity index (χ3n) is 11.1. The van der Waals surface area contributed by atoms with Gasteiger partial charge in [-0.25, -0.2) is 0 Å². The van der Waals surface area contributed by atoms with E-state index in [1.807, 2.05) is 30.3 Å². The number of benzene rings is 9. The van der Waals surface area contributed by atoms with Gasteiger partial charge in [0.05, 0.1) is 0 Å². The molecule has 0 spiro atoms. The van der Waals surface area contributed by atoms with E-state index in [9.17, 15) is 0 Å². The second-order valence-corrected chi connectivity index (χ2v) is 14.7. The molecule has 272 valence electrons. The number of aryl methyl sites for hydroxylation is 2. The first-order valence-electron chi connectivity index (χ1n) is 19.4. The first-order valence-corrected chi connectivity index (χ1v) is 19.4. The highest BCUT2D eigenvalue weighted by atomic mass is 16.5. The molecule has 3 nitrogen and oxygen atoms in total. The van der Waals surface area contributed by atoms with Gasteiger partial charge in [0.1, 0.15) is 23.0 Å². The SMILES string of the molecule is Cc1ccccc1-c1ccc(-c2ccc(-c3ccccc3C)c(Oc3ccc(-c4ccc5c(c4)[nH]c4ccccc45)c4ccccc34)c2)cc1Oc1ccccc1. The van der Waals surface area contributed by atoms with E-state index in [0.29, 0.717) is 0 Å². The molecule has 0 aliphatic carbocycles. The van der Waals surface area contributed by atoms with Gasteiger partial charge in [-0.2, -0.15) is 0 Å². The molecule has 0 fully saturated rings. The van der Waals surface area contributed by atoms with E-state index < -0.39 is 0 Å². The number of rotatable bonds is 8. The summed E-state index contributed by atoms with van der Waals surface area (Å²) < 4.78 is 13.7. The van der Waals surface area contributed by atoms with Gasteiger partial charge in [-0.05, 0) is 106 Å². The third-order valence-corrected chi connectivity index (χ3v) is 11.1. The summed E-state index contributed by atoms with van der Waals surface area (Å²) in [4.78, 5) is 3.62. The molecule has 0 aliphatic rings. The lowest BCUT2D eigenvalue weighted by Crippen LogP contribution is -1.94. The third kappa shape index (κ3) is 6.39. The second kappa shape index (κ2) is 14.4. The molecule has 0 unspecified atom stereocenters. The molecule has 0 atom stereocenters. The topological polar surface area (TPSA) is 34.2 Å². The van der Waals surface area contributed by atoms with E-state index in [-0.39, 0.29) is 0 Å². The molecular weight excluding hydrogens is 695 g/mol. The molecule has 0 bridgehead atoms. The van der Waals surface area contributed by atoms with Gasteiger partial charge in [0.25, 0.3) is 0 Å². The quantitative estimate of drug-likeness (QED) is 0.169. The number of aromatic amines is 1. The van der Waals surface area contributed by atoms with Gasteiger partial charge in [-0.15, -0.1) is 0 Å². The Hall–Kier alpha value is -7.36. The van der Waals surface area contributed by atoms with Crippen LogP contribution in [-0.4, -0.2) is 4.98 Å². The summed E-state index contributed by atoms with van der Waals surface area (Å²) in [6.07, 6.45) is 0. The number of nitrogens with one attached hydrogen (secondary N) is 1. The van der Waals surface area contributed by atoms with Gasteiger partial charge >= 0.3 is 0 Å². The first-order chi connectivity index (χ1) is 28.1. The Kier molecular flexibility index (Phi) is 8.61. The van der Waals surface area contributed by atoms with E-state index in [4.69, 9.17) is 9.47 Å². The molecule has 10 rings (SSSR count). The molecule has 0 aliphatic heterocycles. The fourth-order valence-corrected chi connectivity index (χ4v) is 8.14. The van der Waals surface area contributed by atoms with Crippen LogP contribution in [0.1, 0.15) is 11.1 Å². The monoisotopic (exact) mass is 733 g/mol. The standard InChI is InChI=1S/C54H39NO2/c1-35-14-6-8-18-41(35)48-28-24-37(33-53(48)56-40-16-4-3-5-17-40)38-25-29-49(42-19-9-7-15-36(42)2)54(34-38)57-52-31-30-43(44-20-10-11-22-47(44)52)39-26-27-46-45-21-12-13-23-50(45)55-51(46)32-39/h3-34,55H,1-2H3. The summed E-state index contributed by atoms with van der Waals surface area (Å²) in [5.41, 5.74) is 13.4. The van der Waals surface area contributed by atoms with Crippen LogP contribution in [0.2, 0.25) is 0 Å². The molecule has 0 saturated heterocycles. The van der Waals surface area contributed by atoms with Crippen LogP contribution < -0.4 is 9.47 Å². The highest BCUT2D eigenvalue weighted by molar-refractivity contribution is 6.09. The molecule has 9 aromatic carbocycles. The van der Waals surface area contributed by atoms with Crippen LogP contribution in [0.25, 0.3) is 77.1 Å². The van der Waals surface area contributed by atoms with Crippen molar-refractivity contribution in [2.24, 2.45) is 0 Å². The van der Waals surface area contributed by atoms with Gasteiger partial charge in [-0.1, -0.05) is 152 Å². The van der Waals surface area contributed by atoms with E-state index in [2.05, 4.69) is 183 Å². The number of fused-ring (bicyclic) bond motifs is 4. The summed E-state index contributed by atoms with van der Waals surface area (Å²) in [6.45, 7) is 4.29. The predicted octanol–water partition coefficient (Wildman–Crippen LogP) is 15.3. The molecule has 1 N–H and O–H groups in total. The Morgan fingerprint density at radius 1 is 0.316 bits per heavy atom. The first kappa shape index (κ1) is 34.2. The average molecular weight is 734 g/mol. The van der Waals surface area contributed by atoms with Crippen molar-refractivity contribution in [3.8, 4) is 67.5 Å². The maximum atomic E-state index is 7.09. The largest absolute Gasteiger partial charge is 0.457 e. The summed E-state index contributed by atoms with van der Waals surface area (Å²) in [5.74, 6) is 3.18. The van der Waals surface area contributed by atoms with Crippen molar-refractivity contribution in [1.82, 2.24) is 4.98 Å². The van der Waals surface area contributed by atoms with Gasteiger partial charge < -0.3 is 14.5 Å². The van der Waals surface area contributed by atoms with Gasteiger partial charge in [0, 0.05) is 38.3 Å². The van der Waals surface area contributed by atoms with E-state index in [1.165, 1.54) is 21.9 Å². The lowest BCUT2D eigenvalue weighted by Gasteiger charge is -2.18. The van der Waals surface area contributed by atoms with Crippen LogP contribution in [0.4, 0.5) is 0 Å². The van der Waals surface area contributed by atoms with Crippen LogP contribution in [0.15, 0.2) is 194 Å². The number of aromatic nitrogens is 1. The highest BCUT2D eigenvalue weighted by Crippen LogP contribution is 2.44. The summed E-state index contributed by atoms with van der Waals surface area (Å²) in [6, 6.07) is 68.0. The molecule has 1 heterocycles. The summed E-state index contributed by atoms with van der Waals surface area (Å²) >= 11 is 0. The van der Waals surface area contributed by atoms with Crippen LogP contribution in [0.3, 0.4) is 0 Å². The number of H-pyrrole nitrogens is 1. The molecule has 0 amide bonds. The minimum Gasteiger partial charge on any atom is -0.457 e. The van der Waals surface area contributed by atoms with Crippen molar-refractivity contribution in [1.29, 1.82) is 0 Å². The minimum atomic E-state index is 0.785. The van der Waals surface area contributed by atoms with Crippen molar-refractivity contribution < 1.29 is 9.47 Å². The normalized spacial score (nSPS) is 11.3. The zero-order chi connectivity index (χ0) is 38.3. The Labute approximate surface area is 332 Å². The summed E-state index contributed by atoms with van der Waals surface area (Å²) in [7, 11) is 0. The molecule has 0 radical (unpaired) electrons. The maximum absolute atomic E-state index is 7.09. The predicted molar refractivity (Wildman–Crippen MR) is 238 cm³/mol. The molecule has 10 aromatic rings. The van der Waals surface area contributed by atoms with E-state index in [1.54, 1.807) is 0 Å². The molecular formula is C54H39NO2. The smallest absolute Gasteiger partial charge is 0.135 e. The van der Waals surface area contributed by atoms with Crippen LogP contribution in [0, 0.1) is 13.8 Å². The molecule has 1 aromatic heterocycles. The fourth-order valence-electron chi connectivity index (χ4n) is 8.14. The van der Waals surface area contributed by atoms with E-state index in [0.717, 1.165) is 89.3 Å². The zero-order valence-corrected chi connectivity index (χ0v) is 31.8. The van der Waals surface area contributed by atoms with Crippen molar-refractivity contribution in [2.45, 2.75) is 13.8 Å². The highest BCUT2D eigenvalue weighted by Gasteiger charge is 2.18. The second-order valence-electron chi connectivity index (χ2n) is 14.7. The Morgan fingerprint density at radius 2 is 0.842 bits per heavy atom. The van der Waals surface area contributed by atoms with Crippen molar-refractivity contribution >= 4 is 32.6 Å². The van der Waals surface area contributed by atoms with E-state index >= 15 is 0 Å².